The second kappa shape index (κ2) is 1.96. The normalized spacial score (nSPS) is 49.7. The third-order valence-corrected chi connectivity index (χ3v) is 2.62. The molecule has 2 bridgehead atoms. The first-order valence-corrected chi connectivity index (χ1v) is 3.84. The Labute approximate surface area is 56.0 Å². The summed E-state index contributed by atoms with van der Waals surface area (Å²) in [4.78, 5) is 2.48. The molecule has 0 radical (unpaired) electrons. The smallest absolute Gasteiger partial charge is 0.0208 e. The maximum atomic E-state index is 5.88. The Morgan fingerprint density at radius 3 is 2.89 bits per heavy atom. The topological polar surface area (TPSA) is 29.3 Å². The van der Waals surface area contributed by atoms with Gasteiger partial charge in [0.2, 0.25) is 0 Å². The first-order valence-electron chi connectivity index (χ1n) is 3.84. The van der Waals surface area contributed by atoms with Crippen LogP contribution in [0, 0.1) is 5.92 Å². The maximum absolute atomic E-state index is 5.88. The summed E-state index contributed by atoms with van der Waals surface area (Å²) in [5.74, 6) is 0.832. The molecule has 2 heteroatoms. The van der Waals surface area contributed by atoms with Crippen molar-refractivity contribution in [2.24, 2.45) is 11.7 Å². The largest absolute Gasteiger partial charge is 0.326 e. The minimum absolute atomic E-state index is 0.493. The lowest BCUT2D eigenvalue weighted by molar-refractivity contribution is 0.269. The summed E-state index contributed by atoms with van der Waals surface area (Å²) in [6.45, 7) is 3.73. The third kappa shape index (κ3) is 0.864. The van der Waals surface area contributed by atoms with E-state index in [0.29, 0.717) is 6.04 Å². The van der Waals surface area contributed by atoms with Gasteiger partial charge >= 0.3 is 0 Å². The van der Waals surface area contributed by atoms with Crippen molar-refractivity contribution in [1.29, 1.82) is 0 Å². The Hall–Kier alpha value is -0.0800. The summed E-state index contributed by atoms with van der Waals surface area (Å²) in [5.41, 5.74) is 5.88. The molecule has 2 rings (SSSR count). The standard InChI is InChI=1S/C7H14N2/c8-7-5-9-3-1-2-6(7)4-9/h6-7H,1-5,8H2. The van der Waals surface area contributed by atoms with Crippen LogP contribution in [0.3, 0.4) is 0 Å². The van der Waals surface area contributed by atoms with E-state index in [2.05, 4.69) is 4.90 Å². The van der Waals surface area contributed by atoms with Crippen LogP contribution in [0.25, 0.3) is 0 Å². The lowest BCUT2D eigenvalue weighted by Crippen LogP contribution is -2.27. The van der Waals surface area contributed by atoms with Gasteiger partial charge in [-0.05, 0) is 25.3 Å². The third-order valence-electron chi connectivity index (χ3n) is 2.62. The van der Waals surface area contributed by atoms with E-state index < -0.39 is 0 Å². The summed E-state index contributed by atoms with van der Waals surface area (Å²) >= 11 is 0. The van der Waals surface area contributed by atoms with Gasteiger partial charge in [-0.3, -0.25) is 0 Å². The van der Waals surface area contributed by atoms with Gasteiger partial charge in [-0.2, -0.15) is 0 Å². The number of nitrogens with two attached hydrogens (primary N) is 1. The van der Waals surface area contributed by atoms with Gasteiger partial charge in [-0.15, -0.1) is 0 Å². The van der Waals surface area contributed by atoms with Crippen molar-refractivity contribution in [2.75, 3.05) is 19.6 Å². The van der Waals surface area contributed by atoms with Gasteiger partial charge in [0.25, 0.3) is 0 Å². The highest BCUT2D eigenvalue weighted by Gasteiger charge is 2.32. The number of fused-ring (bicyclic) bond motifs is 2. The van der Waals surface area contributed by atoms with E-state index in [0.717, 1.165) is 12.5 Å². The molecule has 0 amide bonds. The molecule has 2 heterocycles. The predicted molar refractivity (Wildman–Crippen MR) is 37.1 cm³/mol. The van der Waals surface area contributed by atoms with Gasteiger partial charge in [-0.25, -0.2) is 0 Å². The highest BCUT2D eigenvalue weighted by atomic mass is 15.2. The Kier molecular flexibility index (Phi) is 1.24. The molecule has 0 saturated carbocycles. The molecule has 0 spiro atoms. The molecule has 3 atom stereocenters. The molecule has 0 aliphatic carbocycles. The van der Waals surface area contributed by atoms with Crippen LogP contribution in [0.1, 0.15) is 12.8 Å². The molecular formula is C7H14N2. The fourth-order valence-electron chi connectivity index (χ4n) is 2.05. The van der Waals surface area contributed by atoms with Gasteiger partial charge in [0.1, 0.15) is 0 Å². The van der Waals surface area contributed by atoms with E-state index in [1.807, 2.05) is 0 Å². The number of hydrogen-bond acceptors (Lipinski definition) is 2. The highest BCUT2D eigenvalue weighted by Crippen LogP contribution is 2.25. The van der Waals surface area contributed by atoms with Crippen LogP contribution in [0.15, 0.2) is 0 Å². The molecule has 2 N–H and O–H groups in total. The van der Waals surface area contributed by atoms with Crippen LogP contribution in [0.4, 0.5) is 0 Å². The van der Waals surface area contributed by atoms with E-state index >= 15 is 0 Å². The molecule has 0 aromatic rings. The lowest BCUT2D eigenvalue weighted by atomic mass is 9.98. The Morgan fingerprint density at radius 1 is 1.33 bits per heavy atom. The lowest BCUT2D eigenvalue weighted by Gasteiger charge is -2.21. The zero-order valence-corrected chi connectivity index (χ0v) is 5.71. The van der Waals surface area contributed by atoms with Crippen molar-refractivity contribution >= 4 is 0 Å². The summed E-state index contributed by atoms with van der Waals surface area (Å²) in [5, 5.41) is 0. The van der Waals surface area contributed by atoms with Crippen molar-refractivity contribution in [1.82, 2.24) is 4.90 Å². The van der Waals surface area contributed by atoms with Crippen molar-refractivity contribution in [3.05, 3.63) is 0 Å². The molecule has 9 heavy (non-hydrogen) atoms. The summed E-state index contributed by atoms with van der Waals surface area (Å²) in [6.07, 6.45) is 2.75. The maximum Gasteiger partial charge on any atom is 0.0208 e. The van der Waals surface area contributed by atoms with Gasteiger partial charge in [-0.1, -0.05) is 0 Å². The van der Waals surface area contributed by atoms with Gasteiger partial charge in [0, 0.05) is 19.1 Å². The molecule has 0 aromatic heterocycles. The van der Waals surface area contributed by atoms with Crippen LogP contribution in [0.5, 0.6) is 0 Å². The molecule has 3 unspecified atom stereocenters. The van der Waals surface area contributed by atoms with E-state index in [-0.39, 0.29) is 0 Å². The first-order chi connectivity index (χ1) is 4.36. The molecule has 2 nitrogen and oxygen atoms in total. The molecule has 52 valence electrons. The minimum Gasteiger partial charge on any atom is -0.326 e. The predicted octanol–water partition coefficient (Wildman–Crippen LogP) is 0.0393. The van der Waals surface area contributed by atoms with Crippen molar-refractivity contribution in [2.45, 2.75) is 18.9 Å². The fraction of sp³-hybridized carbons (Fsp3) is 1.00. The van der Waals surface area contributed by atoms with E-state index in [1.165, 1.54) is 25.9 Å². The molecule has 2 saturated heterocycles. The summed E-state index contributed by atoms with van der Waals surface area (Å²) in [7, 11) is 0. The second-order valence-corrected chi connectivity index (χ2v) is 3.33. The average molecular weight is 126 g/mol. The molecule has 2 fully saturated rings. The molecule has 2 aliphatic heterocycles. The quantitative estimate of drug-likeness (QED) is 0.496. The van der Waals surface area contributed by atoms with Crippen LogP contribution < -0.4 is 5.73 Å². The zero-order chi connectivity index (χ0) is 6.27. The van der Waals surface area contributed by atoms with Crippen LogP contribution in [0.2, 0.25) is 0 Å². The summed E-state index contributed by atoms with van der Waals surface area (Å²) < 4.78 is 0. The van der Waals surface area contributed by atoms with Crippen molar-refractivity contribution < 1.29 is 0 Å². The highest BCUT2D eigenvalue weighted by molar-refractivity contribution is 4.89. The van der Waals surface area contributed by atoms with E-state index in [1.54, 1.807) is 0 Å². The number of piperidine rings is 1. The second-order valence-electron chi connectivity index (χ2n) is 3.33. The van der Waals surface area contributed by atoms with Crippen LogP contribution in [-0.2, 0) is 0 Å². The minimum atomic E-state index is 0.493. The van der Waals surface area contributed by atoms with Crippen molar-refractivity contribution in [3.8, 4) is 0 Å². The van der Waals surface area contributed by atoms with Gasteiger partial charge in [0.15, 0.2) is 0 Å². The fourth-order valence-corrected chi connectivity index (χ4v) is 2.05. The Morgan fingerprint density at radius 2 is 2.22 bits per heavy atom. The first kappa shape index (κ1) is 5.69. The van der Waals surface area contributed by atoms with Gasteiger partial charge in [0.05, 0.1) is 0 Å². The SMILES string of the molecule is NC1CN2CCCC1C2. The zero-order valence-electron chi connectivity index (χ0n) is 5.71. The Balaban J connectivity index is 2.07. The molecule has 2 aliphatic rings. The van der Waals surface area contributed by atoms with Gasteiger partial charge < -0.3 is 10.6 Å². The van der Waals surface area contributed by atoms with Crippen LogP contribution in [-0.4, -0.2) is 30.6 Å². The Bertz CT molecular complexity index is 111. The number of hydrogen-bond donors (Lipinski definition) is 1. The van der Waals surface area contributed by atoms with E-state index in [4.69, 9.17) is 5.73 Å². The summed E-state index contributed by atoms with van der Waals surface area (Å²) in [6, 6.07) is 0.493. The molecular weight excluding hydrogens is 112 g/mol. The monoisotopic (exact) mass is 126 g/mol. The molecule has 0 aromatic carbocycles. The van der Waals surface area contributed by atoms with E-state index in [9.17, 15) is 0 Å². The van der Waals surface area contributed by atoms with Crippen LogP contribution >= 0.6 is 0 Å². The number of nitrogens with zero attached hydrogens (tertiary/aromatic N) is 1. The number of rotatable bonds is 0. The average Bonchev–Trinajstić information content (AvgIpc) is 2.09. The van der Waals surface area contributed by atoms with Crippen molar-refractivity contribution in [3.63, 3.8) is 0 Å².